The molecule has 3 unspecified atom stereocenters. The number of ether oxygens (including phenoxy) is 2. The van der Waals surface area contributed by atoms with Crippen LogP contribution in [0.15, 0.2) is 12.7 Å². The Hall–Kier alpha value is -1.03. The lowest BCUT2D eigenvalue weighted by Gasteiger charge is -2.16. The standard InChI is InChI=1S/C9H20O4.C3H4O2.C2H6O2/c1-7(11)5-12-9(3)6-13-8(2)4-10;1-2-3(4)5;3-1-2-4/h7-11H,4-6H2,1-3H3;2H,1H2,(H,4,5);3-4H,1-2H2. The Bertz CT molecular complexity index is 243. The summed E-state index contributed by atoms with van der Waals surface area (Å²) in [5.41, 5.74) is 0. The Labute approximate surface area is 131 Å². The van der Waals surface area contributed by atoms with E-state index in [0.29, 0.717) is 13.2 Å². The van der Waals surface area contributed by atoms with E-state index in [1.807, 2.05) is 6.92 Å². The zero-order valence-corrected chi connectivity index (χ0v) is 13.5. The van der Waals surface area contributed by atoms with Crippen molar-refractivity contribution in [1.82, 2.24) is 0 Å². The number of carboxylic acid groups (broad SMARTS) is 1. The summed E-state index contributed by atoms with van der Waals surface area (Å²) in [6, 6.07) is 0. The fraction of sp³-hybridized carbons (Fsp3) is 0.786. The second kappa shape index (κ2) is 20.0. The van der Waals surface area contributed by atoms with Gasteiger partial charge < -0.3 is 35.0 Å². The van der Waals surface area contributed by atoms with Crippen LogP contribution >= 0.6 is 0 Å². The van der Waals surface area contributed by atoms with Crippen LogP contribution in [0.3, 0.4) is 0 Å². The van der Waals surface area contributed by atoms with Crippen molar-refractivity contribution in [3.05, 3.63) is 12.7 Å². The average Bonchev–Trinajstić information content (AvgIpc) is 2.51. The third kappa shape index (κ3) is 31.4. The van der Waals surface area contributed by atoms with Crippen LogP contribution in [0.1, 0.15) is 20.8 Å². The number of rotatable bonds is 9. The number of carboxylic acids is 1. The van der Waals surface area contributed by atoms with E-state index in [2.05, 4.69) is 6.58 Å². The van der Waals surface area contributed by atoms with Gasteiger partial charge in [-0.1, -0.05) is 6.58 Å². The van der Waals surface area contributed by atoms with Crippen LogP contribution in [0.5, 0.6) is 0 Å². The van der Waals surface area contributed by atoms with Crippen molar-refractivity contribution in [2.24, 2.45) is 0 Å². The number of hydrogen-bond donors (Lipinski definition) is 5. The molecule has 8 heteroatoms. The monoisotopic (exact) mass is 326 g/mol. The van der Waals surface area contributed by atoms with Crippen LogP contribution in [0.4, 0.5) is 0 Å². The molecule has 134 valence electrons. The molecule has 0 heterocycles. The predicted octanol–water partition coefficient (Wildman–Crippen LogP) is -0.602. The van der Waals surface area contributed by atoms with Gasteiger partial charge in [-0.3, -0.25) is 0 Å². The lowest BCUT2D eigenvalue weighted by atomic mass is 10.4. The van der Waals surface area contributed by atoms with Crippen LogP contribution in [0.25, 0.3) is 0 Å². The third-order valence-electron chi connectivity index (χ3n) is 1.77. The molecule has 8 nitrogen and oxygen atoms in total. The number of aliphatic hydroxyl groups is 4. The number of hydrogen-bond acceptors (Lipinski definition) is 7. The summed E-state index contributed by atoms with van der Waals surface area (Å²) >= 11 is 0. The highest BCUT2D eigenvalue weighted by Gasteiger charge is 2.06. The zero-order valence-electron chi connectivity index (χ0n) is 13.5. The number of carbonyl (C=O) groups is 1. The normalized spacial score (nSPS) is 13.6. The average molecular weight is 326 g/mol. The van der Waals surface area contributed by atoms with Crippen LogP contribution in [-0.4, -0.2) is 82.8 Å². The van der Waals surface area contributed by atoms with E-state index in [-0.39, 0.29) is 32.0 Å². The molecule has 0 saturated heterocycles. The van der Waals surface area contributed by atoms with Gasteiger partial charge in [-0.15, -0.1) is 0 Å². The summed E-state index contributed by atoms with van der Waals surface area (Å²) in [5, 5.41) is 40.4. The molecule has 0 saturated carbocycles. The lowest BCUT2D eigenvalue weighted by Crippen LogP contribution is -2.24. The van der Waals surface area contributed by atoms with Crippen molar-refractivity contribution >= 4 is 5.97 Å². The van der Waals surface area contributed by atoms with Crippen LogP contribution in [-0.2, 0) is 14.3 Å². The number of aliphatic hydroxyl groups excluding tert-OH is 4. The van der Waals surface area contributed by atoms with Gasteiger partial charge in [0, 0.05) is 6.08 Å². The number of aliphatic carboxylic acids is 1. The Kier molecular flexibility index (Phi) is 23.5. The molecule has 0 amide bonds. The molecule has 0 aliphatic heterocycles. The van der Waals surface area contributed by atoms with Gasteiger partial charge in [0.1, 0.15) is 0 Å². The van der Waals surface area contributed by atoms with Gasteiger partial charge in [-0.05, 0) is 20.8 Å². The van der Waals surface area contributed by atoms with Crippen molar-refractivity contribution < 1.29 is 39.8 Å². The molecule has 0 aromatic heterocycles. The second-order valence-corrected chi connectivity index (χ2v) is 4.31. The summed E-state index contributed by atoms with van der Waals surface area (Å²) in [7, 11) is 0. The fourth-order valence-electron chi connectivity index (χ4n) is 0.704. The first-order chi connectivity index (χ1) is 10.2. The Morgan fingerprint density at radius 1 is 1.05 bits per heavy atom. The van der Waals surface area contributed by atoms with E-state index in [1.54, 1.807) is 13.8 Å². The largest absolute Gasteiger partial charge is 0.478 e. The summed E-state index contributed by atoms with van der Waals surface area (Å²) < 4.78 is 10.5. The first-order valence-electron chi connectivity index (χ1n) is 6.84. The second-order valence-electron chi connectivity index (χ2n) is 4.31. The fourth-order valence-corrected chi connectivity index (χ4v) is 0.704. The molecule has 0 rings (SSSR count). The summed E-state index contributed by atoms with van der Waals surface area (Å²) in [6.45, 7) is 8.82. The minimum absolute atomic E-state index is 0.0170. The van der Waals surface area contributed by atoms with Crippen molar-refractivity contribution in [3.63, 3.8) is 0 Å². The summed E-state index contributed by atoms with van der Waals surface area (Å²) in [5.74, 6) is -0.981. The maximum Gasteiger partial charge on any atom is 0.327 e. The molecule has 22 heavy (non-hydrogen) atoms. The van der Waals surface area contributed by atoms with E-state index < -0.39 is 12.1 Å². The molecule has 0 spiro atoms. The lowest BCUT2D eigenvalue weighted by molar-refractivity contribution is -0.131. The van der Waals surface area contributed by atoms with Crippen LogP contribution in [0, 0.1) is 0 Å². The van der Waals surface area contributed by atoms with Crippen LogP contribution < -0.4 is 0 Å². The first kappa shape index (κ1) is 25.9. The maximum atomic E-state index is 9.25. The first-order valence-corrected chi connectivity index (χ1v) is 6.84. The molecule has 0 fully saturated rings. The SMILES string of the molecule is C=CC(=O)O.CC(O)COC(C)COC(C)CO.OCCO. The van der Waals surface area contributed by atoms with E-state index >= 15 is 0 Å². The molecular weight excluding hydrogens is 296 g/mol. The highest BCUT2D eigenvalue weighted by Crippen LogP contribution is 1.97. The van der Waals surface area contributed by atoms with E-state index in [4.69, 9.17) is 35.0 Å². The van der Waals surface area contributed by atoms with Gasteiger partial charge in [0.25, 0.3) is 0 Å². The van der Waals surface area contributed by atoms with Crippen molar-refractivity contribution in [3.8, 4) is 0 Å². The summed E-state index contributed by atoms with van der Waals surface area (Å²) in [6.07, 6.45) is 0.180. The smallest absolute Gasteiger partial charge is 0.327 e. The molecule has 0 bridgehead atoms. The zero-order chi connectivity index (χ0) is 18.0. The maximum absolute atomic E-state index is 9.25. The van der Waals surface area contributed by atoms with Gasteiger partial charge in [0.15, 0.2) is 0 Å². The van der Waals surface area contributed by atoms with E-state index in [1.165, 1.54) is 0 Å². The predicted molar refractivity (Wildman–Crippen MR) is 81.6 cm³/mol. The van der Waals surface area contributed by atoms with Gasteiger partial charge in [-0.25, -0.2) is 4.79 Å². The molecule has 0 aliphatic carbocycles. The quantitative estimate of drug-likeness (QED) is 0.354. The van der Waals surface area contributed by atoms with Gasteiger partial charge in [0.05, 0.1) is 51.3 Å². The van der Waals surface area contributed by atoms with Crippen LogP contribution in [0.2, 0.25) is 0 Å². The highest BCUT2D eigenvalue weighted by molar-refractivity contribution is 5.78. The van der Waals surface area contributed by atoms with Crippen molar-refractivity contribution in [2.45, 2.75) is 39.1 Å². The molecule has 0 aromatic carbocycles. The van der Waals surface area contributed by atoms with Gasteiger partial charge in [-0.2, -0.15) is 0 Å². The molecular formula is C14H30O8. The topological polar surface area (TPSA) is 137 Å². The molecule has 0 aromatic rings. The molecule has 0 aliphatic rings. The minimum Gasteiger partial charge on any atom is -0.478 e. The summed E-state index contributed by atoms with van der Waals surface area (Å²) in [4.78, 5) is 9.25. The minimum atomic E-state index is -0.981. The van der Waals surface area contributed by atoms with E-state index in [0.717, 1.165) is 6.08 Å². The molecule has 0 radical (unpaired) electrons. The third-order valence-corrected chi connectivity index (χ3v) is 1.77. The Morgan fingerprint density at radius 3 is 1.73 bits per heavy atom. The van der Waals surface area contributed by atoms with E-state index in [9.17, 15) is 4.79 Å². The van der Waals surface area contributed by atoms with Gasteiger partial charge in [0.2, 0.25) is 0 Å². The van der Waals surface area contributed by atoms with Gasteiger partial charge >= 0.3 is 5.97 Å². The van der Waals surface area contributed by atoms with Crippen molar-refractivity contribution in [1.29, 1.82) is 0 Å². The Balaban J connectivity index is -0.000000330. The molecule has 5 N–H and O–H groups in total. The highest BCUT2D eigenvalue weighted by atomic mass is 16.5. The molecule has 3 atom stereocenters. The Morgan fingerprint density at radius 2 is 1.45 bits per heavy atom. The van der Waals surface area contributed by atoms with Crippen molar-refractivity contribution in [2.75, 3.05) is 33.0 Å².